The van der Waals surface area contributed by atoms with Gasteiger partial charge in [0.1, 0.15) is 11.0 Å². The van der Waals surface area contributed by atoms with Crippen molar-refractivity contribution in [3.8, 4) is 0 Å². The van der Waals surface area contributed by atoms with E-state index in [0.717, 1.165) is 0 Å². The van der Waals surface area contributed by atoms with E-state index in [1.807, 2.05) is 0 Å². The number of nitrogens with one attached hydrogen (secondary N) is 2. The van der Waals surface area contributed by atoms with Gasteiger partial charge in [-0.05, 0) is 24.3 Å². The highest BCUT2D eigenvalue weighted by atomic mass is 35.5. The fraction of sp³-hybridized carbons (Fsp3) is 0.0769. The van der Waals surface area contributed by atoms with E-state index in [1.54, 1.807) is 13.1 Å². The van der Waals surface area contributed by atoms with E-state index in [9.17, 15) is 4.79 Å². The molecule has 0 atom stereocenters. The van der Waals surface area contributed by atoms with Crippen LogP contribution in [0, 0.1) is 0 Å². The van der Waals surface area contributed by atoms with Gasteiger partial charge in [0.2, 0.25) is 0 Å². The molecule has 0 radical (unpaired) electrons. The van der Waals surface area contributed by atoms with Gasteiger partial charge in [0.05, 0.1) is 20.8 Å². The maximum Gasteiger partial charge on any atom is 0.255 e. The molecule has 2 aromatic rings. The van der Waals surface area contributed by atoms with Crippen LogP contribution in [0.15, 0.2) is 24.3 Å². The predicted octanol–water partition coefficient (Wildman–Crippen LogP) is 4.99. The zero-order valence-electron chi connectivity index (χ0n) is 10.7. The first-order valence-corrected chi connectivity index (χ1v) is 7.23. The number of rotatable bonds is 3. The standard InChI is InChI=1S/C13H9Cl4N3O/c1-18-12-3-6(2-11(17)20-12)13(21)19-10-5-8(15)7(14)4-9(10)16/h2-5H,1H3,(H,18,20)(H,19,21). The second-order valence-electron chi connectivity index (χ2n) is 4.01. The molecule has 0 spiro atoms. The van der Waals surface area contributed by atoms with Crippen LogP contribution in [0.2, 0.25) is 20.2 Å². The van der Waals surface area contributed by atoms with Gasteiger partial charge in [-0.1, -0.05) is 46.4 Å². The minimum absolute atomic E-state index is 0.201. The van der Waals surface area contributed by atoms with Crippen LogP contribution in [-0.2, 0) is 0 Å². The van der Waals surface area contributed by atoms with Gasteiger partial charge >= 0.3 is 0 Å². The molecule has 2 N–H and O–H groups in total. The molecule has 0 aliphatic carbocycles. The summed E-state index contributed by atoms with van der Waals surface area (Å²) in [7, 11) is 1.68. The molecular weight excluding hydrogens is 356 g/mol. The smallest absolute Gasteiger partial charge is 0.255 e. The van der Waals surface area contributed by atoms with Crippen LogP contribution in [0.3, 0.4) is 0 Å². The van der Waals surface area contributed by atoms with Crippen LogP contribution in [0.25, 0.3) is 0 Å². The maximum atomic E-state index is 12.2. The molecule has 1 amide bonds. The molecule has 0 aliphatic heterocycles. The quantitative estimate of drug-likeness (QED) is 0.595. The van der Waals surface area contributed by atoms with Gasteiger partial charge in [0.25, 0.3) is 5.91 Å². The zero-order valence-corrected chi connectivity index (χ0v) is 13.7. The topological polar surface area (TPSA) is 54.0 Å². The fourth-order valence-corrected chi connectivity index (χ4v) is 2.37. The summed E-state index contributed by atoms with van der Waals surface area (Å²) in [4.78, 5) is 16.2. The molecule has 1 heterocycles. The zero-order chi connectivity index (χ0) is 15.6. The van der Waals surface area contributed by atoms with Crippen molar-refractivity contribution in [1.29, 1.82) is 0 Å². The third-order valence-corrected chi connectivity index (χ3v) is 3.80. The van der Waals surface area contributed by atoms with E-state index in [1.165, 1.54) is 18.2 Å². The van der Waals surface area contributed by atoms with Crippen molar-refractivity contribution < 1.29 is 4.79 Å². The Labute approximate surface area is 141 Å². The lowest BCUT2D eigenvalue weighted by Gasteiger charge is -2.10. The number of carbonyl (C=O) groups excluding carboxylic acids is 1. The molecule has 0 fully saturated rings. The lowest BCUT2D eigenvalue weighted by atomic mass is 10.2. The first-order chi connectivity index (χ1) is 9.90. The second-order valence-corrected chi connectivity index (χ2v) is 5.62. The highest BCUT2D eigenvalue weighted by Gasteiger charge is 2.13. The molecule has 1 aromatic heterocycles. The largest absolute Gasteiger partial charge is 0.373 e. The maximum absolute atomic E-state index is 12.2. The van der Waals surface area contributed by atoms with Crippen molar-refractivity contribution in [1.82, 2.24) is 4.98 Å². The summed E-state index contributed by atoms with van der Waals surface area (Å²) in [5, 5.41) is 6.55. The van der Waals surface area contributed by atoms with Crippen LogP contribution in [-0.4, -0.2) is 17.9 Å². The summed E-state index contributed by atoms with van der Waals surface area (Å²) in [5.74, 6) is 0.0870. The Balaban J connectivity index is 2.30. The molecule has 0 unspecified atom stereocenters. The number of aromatic nitrogens is 1. The van der Waals surface area contributed by atoms with E-state index < -0.39 is 5.91 Å². The molecule has 0 saturated heterocycles. The third kappa shape index (κ3) is 3.92. The fourth-order valence-electron chi connectivity index (χ4n) is 1.57. The summed E-state index contributed by atoms with van der Waals surface area (Å²) in [5.41, 5.74) is 0.691. The minimum atomic E-state index is -0.393. The average Bonchev–Trinajstić information content (AvgIpc) is 2.43. The van der Waals surface area contributed by atoms with E-state index in [0.29, 0.717) is 27.1 Å². The summed E-state index contributed by atoms with van der Waals surface area (Å²) >= 11 is 23.6. The predicted molar refractivity (Wildman–Crippen MR) is 88.2 cm³/mol. The summed E-state index contributed by atoms with van der Waals surface area (Å²) in [6.45, 7) is 0. The Morgan fingerprint density at radius 3 is 2.33 bits per heavy atom. The Morgan fingerprint density at radius 1 is 1.00 bits per heavy atom. The third-order valence-electron chi connectivity index (χ3n) is 2.57. The van der Waals surface area contributed by atoms with Crippen LogP contribution in [0.1, 0.15) is 10.4 Å². The van der Waals surface area contributed by atoms with Crippen molar-refractivity contribution in [3.63, 3.8) is 0 Å². The molecule has 2 rings (SSSR count). The van der Waals surface area contributed by atoms with Crippen molar-refractivity contribution in [2.24, 2.45) is 0 Å². The lowest BCUT2D eigenvalue weighted by Crippen LogP contribution is -2.13. The van der Waals surface area contributed by atoms with E-state index in [2.05, 4.69) is 15.6 Å². The summed E-state index contributed by atoms with van der Waals surface area (Å²) < 4.78 is 0. The monoisotopic (exact) mass is 363 g/mol. The molecule has 8 heteroatoms. The average molecular weight is 365 g/mol. The molecule has 0 bridgehead atoms. The number of nitrogens with zero attached hydrogens (tertiary/aromatic N) is 1. The van der Waals surface area contributed by atoms with Crippen LogP contribution in [0.4, 0.5) is 11.5 Å². The molecule has 0 aliphatic rings. The molecule has 21 heavy (non-hydrogen) atoms. The van der Waals surface area contributed by atoms with Gasteiger partial charge < -0.3 is 10.6 Å². The number of amides is 1. The Bertz CT molecular complexity index is 706. The number of hydrogen-bond acceptors (Lipinski definition) is 3. The van der Waals surface area contributed by atoms with Crippen LogP contribution in [0.5, 0.6) is 0 Å². The van der Waals surface area contributed by atoms with Gasteiger partial charge in [-0.3, -0.25) is 4.79 Å². The van der Waals surface area contributed by atoms with Crippen molar-refractivity contribution >= 4 is 63.8 Å². The normalized spacial score (nSPS) is 10.3. The Kier molecular flexibility index (Phi) is 5.17. The van der Waals surface area contributed by atoms with Gasteiger partial charge in [0, 0.05) is 12.6 Å². The van der Waals surface area contributed by atoms with E-state index >= 15 is 0 Å². The molecule has 110 valence electrons. The number of halogens is 4. The van der Waals surface area contributed by atoms with E-state index in [4.69, 9.17) is 46.4 Å². The van der Waals surface area contributed by atoms with Crippen molar-refractivity contribution in [2.45, 2.75) is 0 Å². The molecular formula is C13H9Cl4N3O. The van der Waals surface area contributed by atoms with Gasteiger partial charge in [0.15, 0.2) is 0 Å². The first kappa shape index (κ1) is 16.2. The summed E-state index contributed by atoms with van der Waals surface area (Å²) in [6, 6.07) is 5.95. The number of benzene rings is 1. The molecule has 0 saturated carbocycles. The number of carbonyl (C=O) groups is 1. The minimum Gasteiger partial charge on any atom is -0.373 e. The number of anilines is 2. The lowest BCUT2D eigenvalue weighted by molar-refractivity contribution is 0.102. The van der Waals surface area contributed by atoms with Crippen LogP contribution >= 0.6 is 46.4 Å². The Hall–Kier alpha value is -1.20. The SMILES string of the molecule is CNc1cc(C(=O)Nc2cc(Cl)c(Cl)cc2Cl)cc(Cl)n1. The molecule has 4 nitrogen and oxygen atoms in total. The van der Waals surface area contributed by atoms with Crippen molar-refractivity contribution in [3.05, 3.63) is 50.0 Å². The summed E-state index contributed by atoms with van der Waals surface area (Å²) in [6.07, 6.45) is 0. The Morgan fingerprint density at radius 2 is 1.67 bits per heavy atom. The van der Waals surface area contributed by atoms with E-state index in [-0.39, 0.29) is 10.2 Å². The van der Waals surface area contributed by atoms with Crippen molar-refractivity contribution in [2.75, 3.05) is 17.7 Å². The van der Waals surface area contributed by atoms with Gasteiger partial charge in [-0.25, -0.2) is 4.98 Å². The van der Waals surface area contributed by atoms with Gasteiger partial charge in [-0.2, -0.15) is 0 Å². The van der Waals surface area contributed by atoms with Crippen LogP contribution < -0.4 is 10.6 Å². The number of pyridine rings is 1. The molecule has 1 aromatic carbocycles. The van der Waals surface area contributed by atoms with Gasteiger partial charge in [-0.15, -0.1) is 0 Å². The highest BCUT2D eigenvalue weighted by molar-refractivity contribution is 6.44. The first-order valence-electron chi connectivity index (χ1n) is 5.72. The number of hydrogen-bond donors (Lipinski definition) is 2. The second kappa shape index (κ2) is 6.71. The highest BCUT2D eigenvalue weighted by Crippen LogP contribution is 2.32.